The molecule has 0 aliphatic heterocycles. The molecule has 5 N–H and O–H groups in total. The number of hydrazine groups is 1. The van der Waals surface area contributed by atoms with Crippen molar-refractivity contribution < 1.29 is 27.9 Å². The van der Waals surface area contributed by atoms with E-state index in [-0.39, 0.29) is 6.42 Å². The molecule has 1 amide bonds. The van der Waals surface area contributed by atoms with Gasteiger partial charge >= 0.3 is 18.1 Å². The van der Waals surface area contributed by atoms with E-state index in [2.05, 4.69) is 0 Å². The Morgan fingerprint density at radius 2 is 1.88 bits per heavy atom. The third-order valence-electron chi connectivity index (χ3n) is 1.86. The van der Waals surface area contributed by atoms with E-state index in [0.717, 1.165) is 0 Å². The average Bonchev–Trinajstić information content (AvgIpc) is 2.20. The average molecular weight is 257 g/mol. The van der Waals surface area contributed by atoms with Gasteiger partial charge in [-0.25, -0.2) is 5.43 Å². The molecule has 0 heterocycles. The highest BCUT2D eigenvalue weighted by molar-refractivity contribution is 5.82. The standard InChI is InChI=1S/C8H14F3N3O3/c9-8(10,11)7(17)14-13-5(6(15)16)3-1-2-4-12/h5,13H,1-4,12H2,(H,14,17)(H,15,16)/t5-/m0/s1. The Balaban J connectivity index is 4.10. The summed E-state index contributed by atoms with van der Waals surface area (Å²) < 4.78 is 35.4. The van der Waals surface area contributed by atoms with Crippen molar-refractivity contribution in [2.24, 2.45) is 5.73 Å². The van der Waals surface area contributed by atoms with Crippen molar-refractivity contribution in [3.8, 4) is 0 Å². The third-order valence-corrected chi connectivity index (χ3v) is 1.86. The van der Waals surface area contributed by atoms with Crippen LogP contribution in [0.15, 0.2) is 0 Å². The molecule has 0 unspecified atom stereocenters. The zero-order valence-corrected chi connectivity index (χ0v) is 8.88. The number of hydrogen-bond donors (Lipinski definition) is 4. The van der Waals surface area contributed by atoms with Crippen LogP contribution in [0.25, 0.3) is 0 Å². The number of carbonyl (C=O) groups is 2. The van der Waals surface area contributed by atoms with Crippen molar-refractivity contribution in [1.82, 2.24) is 10.9 Å². The highest BCUT2D eigenvalue weighted by atomic mass is 19.4. The van der Waals surface area contributed by atoms with Crippen LogP contribution in [-0.4, -0.2) is 35.7 Å². The minimum Gasteiger partial charge on any atom is -0.480 e. The molecule has 6 nitrogen and oxygen atoms in total. The topological polar surface area (TPSA) is 104 Å². The number of carboxylic acids is 1. The van der Waals surface area contributed by atoms with Crippen molar-refractivity contribution in [2.75, 3.05) is 6.54 Å². The highest BCUT2D eigenvalue weighted by Crippen LogP contribution is 2.13. The van der Waals surface area contributed by atoms with E-state index in [4.69, 9.17) is 10.8 Å². The monoisotopic (exact) mass is 257 g/mol. The predicted octanol–water partition coefficient (Wildman–Crippen LogP) is -0.248. The first kappa shape index (κ1) is 15.7. The Hall–Kier alpha value is -1.35. The van der Waals surface area contributed by atoms with Crippen molar-refractivity contribution in [3.05, 3.63) is 0 Å². The summed E-state index contributed by atoms with van der Waals surface area (Å²) in [6.07, 6.45) is -3.99. The second-order valence-corrected chi connectivity index (χ2v) is 3.27. The summed E-state index contributed by atoms with van der Waals surface area (Å²) in [6, 6.07) is -1.27. The summed E-state index contributed by atoms with van der Waals surface area (Å²) in [4.78, 5) is 21.0. The lowest BCUT2D eigenvalue weighted by Crippen LogP contribution is -2.52. The number of rotatable bonds is 7. The molecule has 0 saturated heterocycles. The number of carboxylic acid groups (broad SMARTS) is 1. The fraction of sp³-hybridized carbons (Fsp3) is 0.750. The maximum Gasteiger partial charge on any atom is 0.472 e. The van der Waals surface area contributed by atoms with Gasteiger partial charge in [0.25, 0.3) is 0 Å². The number of nitrogens with two attached hydrogens (primary N) is 1. The van der Waals surface area contributed by atoms with Gasteiger partial charge in [-0.2, -0.15) is 13.2 Å². The normalized spacial score (nSPS) is 13.2. The Morgan fingerprint density at radius 1 is 1.29 bits per heavy atom. The van der Waals surface area contributed by atoms with Crippen LogP contribution < -0.4 is 16.6 Å². The third kappa shape index (κ3) is 6.74. The van der Waals surface area contributed by atoms with Crippen LogP contribution in [0, 0.1) is 0 Å². The van der Waals surface area contributed by atoms with Crippen molar-refractivity contribution in [2.45, 2.75) is 31.5 Å². The molecular weight excluding hydrogens is 243 g/mol. The van der Waals surface area contributed by atoms with Crippen LogP contribution in [0.5, 0.6) is 0 Å². The molecule has 0 aromatic heterocycles. The Bertz CT molecular complexity index is 270. The molecular formula is C8H14F3N3O3. The molecule has 0 spiro atoms. The summed E-state index contributed by atoms with van der Waals surface area (Å²) in [5.74, 6) is -3.58. The van der Waals surface area contributed by atoms with Gasteiger partial charge in [0.15, 0.2) is 0 Å². The number of carbonyl (C=O) groups excluding carboxylic acids is 1. The minimum absolute atomic E-state index is 0.0741. The SMILES string of the molecule is NCCCC[C@H](NNC(=O)C(F)(F)F)C(=O)O. The van der Waals surface area contributed by atoms with E-state index < -0.39 is 24.1 Å². The summed E-state index contributed by atoms with van der Waals surface area (Å²) in [7, 11) is 0. The van der Waals surface area contributed by atoms with Crippen LogP contribution in [0.2, 0.25) is 0 Å². The summed E-state index contributed by atoms with van der Waals surface area (Å²) in [6.45, 7) is 0.362. The maximum atomic E-state index is 11.8. The zero-order chi connectivity index (χ0) is 13.5. The number of nitrogens with one attached hydrogen (secondary N) is 2. The molecule has 0 rings (SSSR count). The first-order valence-corrected chi connectivity index (χ1v) is 4.84. The zero-order valence-electron chi connectivity index (χ0n) is 8.88. The molecule has 0 saturated carbocycles. The van der Waals surface area contributed by atoms with Crippen molar-refractivity contribution >= 4 is 11.9 Å². The van der Waals surface area contributed by atoms with Crippen LogP contribution in [0.3, 0.4) is 0 Å². The van der Waals surface area contributed by atoms with Crippen LogP contribution >= 0.6 is 0 Å². The smallest absolute Gasteiger partial charge is 0.472 e. The minimum atomic E-state index is -5.05. The van der Waals surface area contributed by atoms with E-state index in [1.54, 1.807) is 0 Å². The molecule has 0 aliphatic carbocycles. The Kier molecular flexibility index (Phi) is 6.51. The first-order valence-electron chi connectivity index (χ1n) is 4.84. The quantitative estimate of drug-likeness (QED) is 0.372. The van der Waals surface area contributed by atoms with Crippen LogP contribution in [0.1, 0.15) is 19.3 Å². The maximum absolute atomic E-state index is 11.8. The van der Waals surface area contributed by atoms with Gasteiger partial charge in [0.05, 0.1) is 0 Å². The van der Waals surface area contributed by atoms with Gasteiger partial charge < -0.3 is 10.8 Å². The lowest BCUT2D eigenvalue weighted by molar-refractivity contribution is -0.175. The lowest BCUT2D eigenvalue weighted by atomic mass is 10.1. The number of hydrogen-bond acceptors (Lipinski definition) is 4. The van der Waals surface area contributed by atoms with E-state index in [1.807, 2.05) is 5.43 Å². The summed E-state index contributed by atoms with van der Waals surface area (Å²) in [5.41, 5.74) is 8.31. The lowest BCUT2D eigenvalue weighted by Gasteiger charge is -2.15. The predicted molar refractivity (Wildman–Crippen MR) is 51.7 cm³/mol. The highest BCUT2D eigenvalue weighted by Gasteiger charge is 2.39. The van der Waals surface area contributed by atoms with Gasteiger partial charge in [-0.15, -0.1) is 0 Å². The van der Waals surface area contributed by atoms with Crippen molar-refractivity contribution in [1.29, 1.82) is 0 Å². The number of unbranched alkanes of at least 4 members (excludes halogenated alkanes) is 1. The summed E-state index contributed by atoms with van der Waals surface area (Å²) in [5, 5.41) is 8.66. The largest absolute Gasteiger partial charge is 0.480 e. The van der Waals surface area contributed by atoms with Gasteiger partial charge in [-0.3, -0.25) is 15.0 Å². The molecule has 100 valence electrons. The van der Waals surface area contributed by atoms with Gasteiger partial charge in [0, 0.05) is 0 Å². The molecule has 0 radical (unpaired) electrons. The Labute approximate surface area is 95.3 Å². The second-order valence-electron chi connectivity index (χ2n) is 3.27. The van der Waals surface area contributed by atoms with Gasteiger partial charge in [-0.1, -0.05) is 0 Å². The molecule has 0 bridgehead atoms. The molecule has 0 aromatic rings. The van der Waals surface area contributed by atoms with E-state index in [9.17, 15) is 22.8 Å². The number of aliphatic carboxylic acids is 1. The van der Waals surface area contributed by atoms with Crippen LogP contribution in [0.4, 0.5) is 13.2 Å². The number of alkyl halides is 3. The van der Waals surface area contributed by atoms with Crippen molar-refractivity contribution in [3.63, 3.8) is 0 Å². The molecule has 0 aromatic carbocycles. The first-order chi connectivity index (χ1) is 7.79. The van der Waals surface area contributed by atoms with Gasteiger partial charge in [0.2, 0.25) is 0 Å². The number of amides is 1. The molecule has 1 atom stereocenters. The fourth-order valence-corrected chi connectivity index (χ4v) is 0.974. The van der Waals surface area contributed by atoms with E-state index in [0.29, 0.717) is 19.4 Å². The molecule has 0 aliphatic rings. The summed E-state index contributed by atoms with van der Waals surface area (Å²) >= 11 is 0. The molecule has 9 heteroatoms. The number of halogens is 3. The van der Waals surface area contributed by atoms with E-state index in [1.165, 1.54) is 5.43 Å². The fourth-order valence-electron chi connectivity index (χ4n) is 0.974. The molecule has 0 fully saturated rings. The van der Waals surface area contributed by atoms with Crippen LogP contribution in [-0.2, 0) is 9.59 Å². The van der Waals surface area contributed by atoms with Gasteiger partial charge in [-0.05, 0) is 25.8 Å². The Morgan fingerprint density at radius 3 is 2.29 bits per heavy atom. The second kappa shape index (κ2) is 7.07. The van der Waals surface area contributed by atoms with E-state index >= 15 is 0 Å². The van der Waals surface area contributed by atoms with Gasteiger partial charge in [0.1, 0.15) is 6.04 Å². The molecule has 17 heavy (non-hydrogen) atoms.